The van der Waals surface area contributed by atoms with Crippen LogP contribution >= 0.6 is 24.0 Å². The molecule has 0 atom stereocenters. The van der Waals surface area contributed by atoms with Gasteiger partial charge in [-0.15, -0.1) is 24.0 Å². The number of nitrogens with zero attached hydrogens (tertiary/aromatic N) is 1. The summed E-state index contributed by atoms with van der Waals surface area (Å²) in [6.45, 7) is 3.64. The van der Waals surface area contributed by atoms with Crippen LogP contribution in [-0.2, 0) is 6.42 Å². The molecule has 126 valence electrons. The second kappa shape index (κ2) is 10.3. The molecule has 0 radical (unpaired) electrons. The number of aliphatic imine (C=N–C) groups is 1. The summed E-state index contributed by atoms with van der Waals surface area (Å²) in [6.07, 6.45) is 7.92. The van der Waals surface area contributed by atoms with Crippen molar-refractivity contribution in [3.63, 3.8) is 0 Å². The van der Waals surface area contributed by atoms with E-state index in [1.165, 1.54) is 17.7 Å². The zero-order chi connectivity index (χ0) is 15.8. The predicted octanol–water partition coefficient (Wildman–Crippen LogP) is 3.60. The number of hydrogen-bond acceptors (Lipinski definition) is 1. The molecule has 23 heavy (non-hydrogen) atoms. The molecule has 1 aromatic heterocycles. The highest BCUT2D eigenvalue weighted by molar-refractivity contribution is 14.0. The summed E-state index contributed by atoms with van der Waals surface area (Å²) < 4.78 is 13.2. The first-order chi connectivity index (χ1) is 10.7. The Morgan fingerprint density at radius 2 is 2.09 bits per heavy atom. The molecule has 0 fully saturated rings. The van der Waals surface area contributed by atoms with Crippen LogP contribution in [0.3, 0.4) is 0 Å². The molecule has 0 unspecified atom stereocenters. The van der Waals surface area contributed by atoms with Gasteiger partial charge in [-0.25, -0.2) is 4.39 Å². The second-order valence-corrected chi connectivity index (χ2v) is 5.04. The van der Waals surface area contributed by atoms with Gasteiger partial charge in [0, 0.05) is 37.2 Å². The Kier molecular flexibility index (Phi) is 8.68. The molecule has 0 aliphatic carbocycles. The second-order valence-electron chi connectivity index (χ2n) is 5.04. The summed E-state index contributed by atoms with van der Waals surface area (Å²) in [5.41, 5.74) is 2.01. The van der Waals surface area contributed by atoms with Gasteiger partial charge in [0.25, 0.3) is 0 Å². The number of allylic oxidation sites excluding steroid dienone is 1. The number of rotatable bonds is 6. The van der Waals surface area contributed by atoms with E-state index in [1.807, 2.05) is 25.3 Å². The van der Waals surface area contributed by atoms with Gasteiger partial charge in [-0.05, 0) is 43.5 Å². The normalized spacial score (nSPS) is 11.7. The highest BCUT2D eigenvalue weighted by atomic mass is 127. The molecule has 0 saturated carbocycles. The van der Waals surface area contributed by atoms with Crippen LogP contribution in [0, 0.1) is 5.82 Å². The van der Waals surface area contributed by atoms with Gasteiger partial charge in [-0.3, -0.25) is 4.99 Å². The fraction of sp³-hybridized carbons (Fsp3) is 0.353. The summed E-state index contributed by atoms with van der Waals surface area (Å²) in [7, 11) is 1.76. The maximum atomic E-state index is 13.2. The summed E-state index contributed by atoms with van der Waals surface area (Å²) in [5, 5.41) is 7.62. The lowest BCUT2D eigenvalue weighted by molar-refractivity contribution is 0.629. The number of H-pyrrole nitrogens is 1. The van der Waals surface area contributed by atoms with E-state index in [4.69, 9.17) is 0 Å². The average Bonchev–Trinajstić information content (AvgIpc) is 2.92. The number of hydrogen-bond donors (Lipinski definition) is 3. The molecular formula is C17H24FIN4. The minimum Gasteiger partial charge on any atom is -0.361 e. The van der Waals surface area contributed by atoms with Crippen LogP contribution in [0.15, 0.2) is 41.5 Å². The number of benzene rings is 1. The van der Waals surface area contributed by atoms with Crippen LogP contribution in [-0.4, -0.2) is 31.1 Å². The topological polar surface area (TPSA) is 52.2 Å². The maximum Gasteiger partial charge on any atom is 0.190 e. The number of guanidine groups is 1. The van der Waals surface area contributed by atoms with Crippen LogP contribution in [0.1, 0.15) is 18.9 Å². The van der Waals surface area contributed by atoms with Gasteiger partial charge in [0.15, 0.2) is 5.96 Å². The smallest absolute Gasteiger partial charge is 0.190 e. The van der Waals surface area contributed by atoms with Crippen molar-refractivity contribution >= 4 is 40.8 Å². The van der Waals surface area contributed by atoms with Crippen LogP contribution in [0.2, 0.25) is 0 Å². The number of halogens is 2. The SMILES string of the molecule is CC=CCCNC(=NC)NCCc1c[nH]c2cc(F)ccc12.I. The zero-order valence-electron chi connectivity index (χ0n) is 13.5. The van der Waals surface area contributed by atoms with E-state index in [1.54, 1.807) is 7.05 Å². The molecule has 0 spiro atoms. The van der Waals surface area contributed by atoms with Gasteiger partial charge < -0.3 is 15.6 Å². The van der Waals surface area contributed by atoms with Gasteiger partial charge in [0.1, 0.15) is 5.82 Å². The average molecular weight is 430 g/mol. The molecule has 0 bridgehead atoms. The lowest BCUT2D eigenvalue weighted by atomic mass is 10.1. The van der Waals surface area contributed by atoms with Crippen molar-refractivity contribution in [2.75, 3.05) is 20.1 Å². The van der Waals surface area contributed by atoms with Gasteiger partial charge >= 0.3 is 0 Å². The molecule has 1 aromatic carbocycles. The summed E-state index contributed by atoms with van der Waals surface area (Å²) in [6, 6.07) is 4.84. The summed E-state index contributed by atoms with van der Waals surface area (Å²) in [5.74, 6) is 0.583. The Bertz CT molecular complexity index is 664. The molecule has 6 heteroatoms. The minimum absolute atomic E-state index is 0. The van der Waals surface area contributed by atoms with Crippen molar-refractivity contribution < 1.29 is 4.39 Å². The van der Waals surface area contributed by atoms with E-state index in [9.17, 15) is 4.39 Å². The molecule has 1 heterocycles. The number of fused-ring (bicyclic) bond motifs is 1. The monoisotopic (exact) mass is 430 g/mol. The van der Waals surface area contributed by atoms with E-state index >= 15 is 0 Å². The van der Waals surface area contributed by atoms with Crippen LogP contribution < -0.4 is 10.6 Å². The lowest BCUT2D eigenvalue weighted by Gasteiger charge is -2.10. The van der Waals surface area contributed by atoms with Gasteiger partial charge in [0.2, 0.25) is 0 Å². The van der Waals surface area contributed by atoms with Crippen LogP contribution in [0.25, 0.3) is 10.9 Å². The van der Waals surface area contributed by atoms with Crippen molar-refractivity contribution in [1.29, 1.82) is 0 Å². The van der Waals surface area contributed by atoms with E-state index in [2.05, 4.69) is 26.7 Å². The van der Waals surface area contributed by atoms with Gasteiger partial charge in [-0.2, -0.15) is 0 Å². The highest BCUT2D eigenvalue weighted by Gasteiger charge is 2.05. The van der Waals surface area contributed by atoms with Crippen molar-refractivity contribution in [3.05, 3.63) is 47.9 Å². The van der Waals surface area contributed by atoms with Crippen molar-refractivity contribution in [3.8, 4) is 0 Å². The third-order valence-corrected chi connectivity index (χ3v) is 3.48. The predicted molar refractivity (Wildman–Crippen MR) is 106 cm³/mol. The third kappa shape index (κ3) is 5.85. The Hall–Kier alpha value is -1.57. The number of aromatic nitrogens is 1. The first kappa shape index (κ1) is 19.5. The molecule has 2 aromatic rings. The van der Waals surface area contributed by atoms with E-state index < -0.39 is 0 Å². The van der Waals surface area contributed by atoms with Crippen molar-refractivity contribution in [2.45, 2.75) is 19.8 Å². The number of nitrogens with one attached hydrogen (secondary N) is 3. The maximum absolute atomic E-state index is 13.2. The molecule has 0 aliphatic heterocycles. The van der Waals surface area contributed by atoms with E-state index in [0.29, 0.717) is 0 Å². The lowest BCUT2D eigenvalue weighted by Crippen LogP contribution is -2.38. The molecule has 0 saturated heterocycles. The highest BCUT2D eigenvalue weighted by Crippen LogP contribution is 2.19. The third-order valence-electron chi connectivity index (χ3n) is 3.48. The van der Waals surface area contributed by atoms with E-state index in [0.717, 1.165) is 42.8 Å². The first-order valence-corrected chi connectivity index (χ1v) is 7.55. The van der Waals surface area contributed by atoms with Gasteiger partial charge in [-0.1, -0.05) is 12.2 Å². The molecule has 2 rings (SSSR count). The molecule has 0 aliphatic rings. The largest absolute Gasteiger partial charge is 0.361 e. The van der Waals surface area contributed by atoms with Crippen molar-refractivity contribution in [2.24, 2.45) is 4.99 Å². The quantitative estimate of drug-likeness (QED) is 0.216. The molecule has 4 nitrogen and oxygen atoms in total. The molecule has 0 amide bonds. The fourth-order valence-electron chi connectivity index (χ4n) is 2.34. The minimum atomic E-state index is -0.218. The number of aromatic amines is 1. The van der Waals surface area contributed by atoms with Crippen molar-refractivity contribution in [1.82, 2.24) is 15.6 Å². The summed E-state index contributed by atoms with van der Waals surface area (Å²) in [4.78, 5) is 7.30. The van der Waals surface area contributed by atoms with Crippen LogP contribution in [0.5, 0.6) is 0 Å². The first-order valence-electron chi connectivity index (χ1n) is 7.55. The molecule has 3 N–H and O–H groups in total. The van der Waals surface area contributed by atoms with E-state index in [-0.39, 0.29) is 29.8 Å². The van der Waals surface area contributed by atoms with Gasteiger partial charge in [0.05, 0.1) is 0 Å². The Morgan fingerprint density at radius 3 is 2.83 bits per heavy atom. The van der Waals surface area contributed by atoms with Crippen LogP contribution in [0.4, 0.5) is 4.39 Å². The Balaban J connectivity index is 0.00000264. The zero-order valence-corrected chi connectivity index (χ0v) is 15.9. The Morgan fingerprint density at radius 1 is 1.30 bits per heavy atom. The summed E-state index contributed by atoms with van der Waals surface area (Å²) >= 11 is 0. The standard InChI is InChI=1S/C17H23FN4.HI/c1-3-4-5-9-20-17(19-2)21-10-8-13-12-22-16-11-14(18)6-7-15(13)16;/h3-4,6-7,11-12,22H,5,8-10H2,1-2H3,(H2,19,20,21);1H. The Labute approximate surface area is 153 Å². The molecular weight excluding hydrogens is 406 g/mol. The fourth-order valence-corrected chi connectivity index (χ4v) is 2.34.